The summed E-state index contributed by atoms with van der Waals surface area (Å²) in [6.45, 7) is 3.96. The van der Waals surface area contributed by atoms with Gasteiger partial charge in [-0.05, 0) is 89.9 Å². The van der Waals surface area contributed by atoms with Crippen LogP contribution in [0.1, 0.15) is 373 Å². The number of ether oxygens (including phenoxy) is 2. The van der Waals surface area contributed by atoms with Crippen molar-refractivity contribution >= 4 is 11.9 Å². The van der Waals surface area contributed by atoms with Crippen LogP contribution in [0.5, 0.6) is 0 Å². The monoisotopic (exact) mass is 1170 g/mol. The average Bonchev–Trinajstić information content (AvgIpc) is 3.51. The predicted octanol–water partition coefficient (Wildman–Crippen LogP) is 25.8. The van der Waals surface area contributed by atoms with E-state index >= 15 is 0 Å². The number of unbranched alkanes of at least 4 members (excludes halogenated alkanes) is 44. The van der Waals surface area contributed by atoms with E-state index in [0.717, 1.165) is 89.9 Å². The highest BCUT2D eigenvalue weighted by Crippen LogP contribution is 2.19. The number of carbonyl (C=O) groups is 2. The van der Waals surface area contributed by atoms with Gasteiger partial charge < -0.3 is 14.6 Å². The molecule has 84 heavy (non-hydrogen) atoms. The molecule has 0 rings (SSSR count). The molecule has 0 aliphatic rings. The molecule has 0 aromatic heterocycles. The highest BCUT2D eigenvalue weighted by molar-refractivity contribution is 5.70. The molecule has 0 aromatic rings. The zero-order valence-electron chi connectivity index (χ0n) is 55.9. The summed E-state index contributed by atoms with van der Waals surface area (Å²) in [6, 6.07) is 0. The smallest absolute Gasteiger partial charge is 0.306 e. The Morgan fingerprint density at radius 1 is 0.274 bits per heavy atom. The van der Waals surface area contributed by atoms with Crippen molar-refractivity contribution in [3.05, 3.63) is 97.2 Å². The Morgan fingerprint density at radius 2 is 0.476 bits per heavy atom. The molecule has 0 saturated carbocycles. The largest absolute Gasteiger partial charge is 0.462 e. The van der Waals surface area contributed by atoms with Gasteiger partial charge in [0.25, 0.3) is 0 Å². The lowest BCUT2D eigenvalue weighted by Gasteiger charge is -2.15. The van der Waals surface area contributed by atoms with Crippen LogP contribution in [0.15, 0.2) is 97.2 Å². The van der Waals surface area contributed by atoms with Gasteiger partial charge in [-0.3, -0.25) is 9.59 Å². The Kier molecular flexibility index (Phi) is 71.3. The van der Waals surface area contributed by atoms with Crippen LogP contribution in [0.4, 0.5) is 0 Å². The first kappa shape index (κ1) is 80.8. The molecule has 1 N–H and O–H groups in total. The number of aliphatic hydroxyl groups is 1. The van der Waals surface area contributed by atoms with Crippen LogP contribution in [-0.2, 0) is 19.1 Å². The number of carbonyl (C=O) groups excluding carboxylic acids is 2. The molecular formula is C79H140O5. The Morgan fingerprint density at radius 3 is 0.714 bits per heavy atom. The summed E-state index contributed by atoms with van der Waals surface area (Å²) in [5.74, 6) is -0.571. The highest BCUT2D eigenvalue weighted by atomic mass is 16.6. The van der Waals surface area contributed by atoms with Crippen molar-refractivity contribution in [2.75, 3.05) is 13.2 Å². The molecule has 0 aromatic carbocycles. The van der Waals surface area contributed by atoms with Gasteiger partial charge in [-0.2, -0.15) is 0 Å². The highest BCUT2D eigenvalue weighted by Gasteiger charge is 2.16. The zero-order chi connectivity index (χ0) is 60.5. The van der Waals surface area contributed by atoms with Gasteiger partial charge in [0.05, 0.1) is 6.61 Å². The Bertz CT molecular complexity index is 1560. The second-order valence-electron chi connectivity index (χ2n) is 24.6. The summed E-state index contributed by atoms with van der Waals surface area (Å²) in [5.41, 5.74) is 0. The quantitative estimate of drug-likeness (QED) is 0.0373. The fourth-order valence-electron chi connectivity index (χ4n) is 11.0. The fourth-order valence-corrected chi connectivity index (χ4v) is 11.0. The molecule has 5 heteroatoms. The zero-order valence-corrected chi connectivity index (χ0v) is 55.9. The van der Waals surface area contributed by atoms with Crippen molar-refractivity contribution in [2.45, 2.75) is 380 Å². The van der Waals surface area contributed by atoms with Crippen LogP contribution in [0, 0.1) is 0 Å². The molecular weight excluding hydrogens is 1030 g/mol. The van der Waals surface area contributed by atoms with E-state index in [1.54, 1.807) is 0 Å². The number of allylic oxidation sites excluding steroid dienone is 16. The van der Waals surface area contributed by atoms with Gasteiger partial charge in [0.15, 0.2) is 6.10 Å². The number of aliphatic hydroxyl groups excluding tert-OH is 1. The van der Waals surface area contributed by atoms with Crippen molar-refractivity contribution in [1.82, 2.24) is 0 Å². The van der Waals surface area contributed by atoms with E-state index in [0.29, 0.717) is 12.8 Å². The normalized spacial score (nSPS) is 12.8. The average molecular weight is 1170 g/mol. The van der Waals surface area contributed by atoms with E-state index in [1.807, 2.05) is 0 Å². The van der Waals surface area contributed by atoms with Crippen molar-refractivity contribution in [3.63, 3.8) is 0 Å². The van der Waals surface area contributed by atoms with Crippen LogP contribution in [0.2, 0.25) is 0 Å². The summed E-state index contributed by atoms with van der Waals surface area (Å²) in [7, 11) is 0. The van der Waals surface area contributed by atoms with Crippen molar-refractivity contribution in [2.24, 2.45) is 0 Å². The molecule has 0 radical (unpaired) electrons. The maximum absolute atomic E-state index is 12.4. The van der Waals surface area contributed by atoms with E-state index in [9.17, 15) is 14.7 Å². The van der Waals surface area contributed by atoms with Crippen LogP contribution in [-0.4, -0.2) is 36.4 Å². The standard InChI is InChI=1S/C79H140O5/c1-3-5-7-9-11-13-15-17-19-21-23-25-27-29-31-33-35-36-37-38-39-40-41-42-44-46-48-50-52-54-56-58-60-62-64-66-68-70-72-74-79(82)84-77(75-80)76-83-78(81)73-71-69-67-65-63-61-59-57-55-53-51-49-47-45-43-34-32-30-28-26-24-22-20-18-16-14-12-10-8-6-4-2/h5-8,11-14,17-20,23-26,77,80H,3-4,9-10,15-16,21-22,27-76H2,1-2H3/b7-5-,8-6-,13-11-,14-12-,19-17-,20-18-,25-23-,26-24-. The first-order chi connectivity index (χ1) is 41.6. The lowest BCUT2D eigenvalue weighted by molar-refractivity contribution is -0.161. The molecule has 486 valence electrons. The predicted molar refractivity (Wildman–Crippen MR) is 371 cm³/mol. The molecule has 0 aliphatic heterocycles. The topological polar surface area (TPSA) is 72.8 Å². The lowest BCUT2D eigenvalue weighted by Crippen LogP contribution is -2.28. The molecule has 1 unspecified atom stereocenters. The minimum atomic E-state index is -0.774. The van der Waals surface area contributed by atoms with E-state index in [4.69, 9.17) is 9.47 Å². The van der Waals surface area contributed by atoms with Crippen molar-refractivity contribution in [3.8, 4) is 0 Å². The summed E-state index contributed by atoms with van der Waals surface area (Å²) in [5, 5.41) is 9.72. The Balaban J connectivity index is 3.39. The van der Waals surface area contributed by atoms with Gasteiger partial charge in [-0.1, -0.05) is 368 Å². The lowest BCUT2D eigenvalue weighted by atomic mass is 10.0. The first-order valence-electron chi connectivity index (χ1n) is 36.8. The van der Waals surface area contributed by atoms with Crippen LogP contribution in [0.3, 0.4) is 0 Å². The molecule has 1 atom stereocenters. The molecule has 0 bridgehead atoms. The third-order valence-electron chi connectivity index (χ3n) is 16.4. The Labute approximate surface area is 523 Å². The maximum atomic E-state index is 12.4. The summed E-state index contributed by atoms with van der Waals surface area (Å²) >= 11 is 0. The minimum absolute atomic E-state index is 0.0629. The summed E-state index contributed by atoms with van der Waals surface area (Å²) in [6.07, 6.45) is 106. The van der Waals surface area contributed by atoms with Gasteiger partial charge in [0.1, 0.15) is 6.61 Å². The van der Waals surface area contributed by atoms with Crippen LogP contribution >= 0.6 is 0 Å². The van der Waals surface area contributed by atoms with Gasteiger partial charge in [-0.25, -0.2) is 0 Å². The number of esters is 2. The number of hydrogen-bond donors (Lipinski definition) is 1. The van der Waals surface area contributed by atoms with Crippen molar-refractivity contribution < 1.29 is 24.2 Å². The third kappa shape index (κ3) is 71.3. The van der Waals surface area contributed by atoms with E-state index in [-0.39, 0.29) is 25.2 Å². The van der Waals surface area contributed by atoms with Crippen LogP contribution in [0.25, 0.3) is 0 Å². The second kappa shape index (κ2) is 74.1. The number of hydrogen-bond acceptors (Lipinski definition) is 5. The molecule has 0 spiro atoms. The molecule has 0 amide bonds. The van der Waals surface area contributed by atoms with E-state index in [2.05, 4.69) is 111 Å². The second-order valence-corrected chi connectivity index (χ2v) is 24.6. The Hall–Kier alpha value is -3.18. The summed E-state index contributed by atoms with van der Waals surface area (Å²) < 4.78 is 10.8. The van der Waals surface area contributed by atoms with Gasteiger partial charge in [0.2, 0.25) is 0 Å². The summed E-state index contributed by atoms with van der Waals surface area (Å²) in [4.78, 5) is 24.7. The van der Waals surface area contributed by atoms with Crippen LogP contribution < -0.4 is 0 Å². The number of rotatable bonds is 68. The third-order valence-corrected chi connectivity index (χ3v) is 16.4. The molecule has 5 nitrogen and oxygen atoms in total. The molecule has 0 fully saturated rings. The van der Waals surface area contributed by atoms with Gasteiger partial charge in [0, 0.05) is 12.8 Å². The first-order valence-corrected chi connectivity index (χ1v) is 36.8. The fraction of sp³-hybridized carbons (Fsp3) is 0.772. The van der Waals surface area contributed by atoms with Crippen molar-refractivity contribution in [1.29, 1.82) is 0 Å². The van der Waals surface area contributed by atoms with Gasteiger partial charge >= 0.3 is 11.9 Å². The molecule has 0 saturated heterocycles. The van der Waals surface area contributed by atoms with Gasteiger partial charge in [-0.15, -0.1) is 0 Å². The molecule has 0 heterocycles. The molecule has 0 aliphatic carbocycles. The van der Waals surface area contributed by atoms with E-state index < -0.39 is 6.10 Å². The van der Waals surface area contributed by atoms with E-state index in [1.165, 1.54) is 257 Å². The minimum Gasteiger partial charge on any atom is -0.462 e. The SMILES string of the molecule is CC/C=C\C/C=C\C/C=C\C/C=C\CCCCCCCCCCCCCCCCCCCCCCCCCCCCC(=O)OC(CO)COC(=O)CCCCCCCCCCCCCCCCCCCC/C=C\C/C=C\C/C=C\C/C=C\CC. The maximum Gasteiger partial charge on any atom is 0.306 e.